The Morgan fingerprint density at radius 3 is 2.94 bits per heavy atom. The second-order valence-corrected chi connectivity index (χ2v) is 3.09. The Bertz CT molecular complexity index is 385. The van der Waals surface area contributed by atoms with Crippen LogP contribution in [0.5, 0.6) is 5.88 Å². The fourth-order valence-electron chi connectivity index (χ4n) is 1.16. The highest BCUT2D eigenvalue weighted by molar-refractivity contribution is 5.60. The number of nitro groups is 1. The molecule has 8 nitrogen and oxygen atoms in total. The summed E-state index contributed by atoms with van der Waals surface area (Å²) >= 11 is 0. The average Bonchev–Trinajstić information content (AvgIpc) is 2.29. The average molecular weight is 242 g/mol. The van der Waals surface area contributed by atoms with Gasteiger partial charge in [0.05, 0.1) is 11.5 Å². The van der Waals surface area contributed by atoms with Crippen LogP contribution in [-0.2, 0) is 0 Å². The summed E-state index contributed by atoms with van der Waals surface area (Å²) in [5.41, 5.74) is -0.285. The molecule has 0 amide bonds. The first-order chi connectivity index (χ1) is 8.20. The highest BCUT2D eigenvalue weighted by atomic mass is 16.6. The van der Waals surface area contributed by atoms with Gasteiger partial charge in [0, 0.05) is 19.6 Å². The Morgan fingerprint density at radius 1 is 1.59 bits per heavy atom. The van der Waals surface area contributed by atoms with Gasteiger partial charge in [0.1, 0.15) is 6.33 Å². The van der Waals surface area contributed by atoms with Gasteiger partial charge in [-0.1, -0.05) is 0 Å². The maximum Gasteiger partial charge on any atom is 0.372 e. The van der Waals surface area contributed by atoms with Crippen molar-refractivity contribution in [3.05, 3.63) is 16.4 Å². The quantitative estimate of drug-likeness (QED) is 0.408. The maximum atomic E-state index is 10.9. The molecule has 0 saturated heterocycles. The van der Waals surface area contributed by atoms with E-state index in [1.165, 1.54) is 6.33 Å². The molecule has 0 radical (unpaired) electrons. The van der Waals surface area contributed by atoms with Crippen molar-refractivity contribution in [1.82, 2.24) is 9.97 Å². The largest absolute Gasteiger partial charge is 0.473 e. The van der Waals surface area contributed by atoms with Gasteiger partial charge in [-0.2, -0.15) is 4.98 Å². The van der Waals surface area contributed by atoms with Crippen molar-refractivity contribution in [3.63, 3.8) is 0 Å². The molecule has 1 aromatic rings. The van der Waals surface area contributed by atoms with Crippen LogP contribution in [0.2, 0.25) is 0 Å². The zero-order chi connectivity index (χ0) is 12.7. The van der Waals surface area contributed by atoms with E-state index >= 15 is 0 Å². The molecule has 0 aliphatic rings. The summed E-state index contributed by atoms with van der Waals surface area (Å²) in [4.78, 5) is 17.8. The van der Waals surface area contributed by atoms with Gasteiger partial charge < -0.3 is 15.2 Å². The fraction of sp³-hybridized carbons (Fsp3) is 0.556. The SMILES string of the molecule is CCNc1ncnc(OCCCO)c1[N+](=O)[O-]. The number of aliphatic hydroxyl groups is 1. The monoisotopic (exact) mass is 242 g/mol. The number of nitrogens with one attached hydrogen (secondary N) is 1. The van der Waals surface area contributed by atoms with Gasteiger partial charge in [0.25, 0.3) is 5.88 Å². The summed E-state index contributed by atoms with van der Waals surface area (Å²) in [6, 6.07) is 0. The smallest absolute Gasteiger partial charge is 0.372 e. The molecule has 0 aliphatic carbocycles. The standard InChI is InChI=1S/C9H14N4O4/c1-2-10-8-7(13(15)16)9(12-6-11-8)17-5-3-4-14/h6,14H,2-5H2,1H3,(H,10,11,12). The van der Waals surface area contributed by atoms with Crippen molar-refractivity contribution in [1.29, 1.82) is 0 Å². The van der Waals surface area contributed by atoms with Crippen LogP contribution >= 0.6 is 0 Å². The van der Waals surface area contributed by atoms with Crippen LogP contribution in [0.1, 0.15) is 13.3 Å². The van der Waals surface area contributed by atoms with Crippen LogP contribution in [0.3, 0.4) is 0 Å². The molecule has 0 unspecified atom stereocenters. The van der Waals surface area contributed by atoms with E-state index in [0.29, 0.717) is 13.0 Å². The first kappa shape index (κ1) is 13.1. The minimum absolute atomic E-state index is 0.0427. The summed E-state index contributed by atoms with van der Waals surface area (Å²) in [7, 11) is 0. The van der Waals surface area contributed by atoms with E-state index in [-0.39, 0.29) is 30.6 Å². The van der Waals surface area contributed by atoms with Crippen molar-refractivity contribution in [2.24, 2.45) is 0 Å². The number of aromatic nitrogens is 2. The Hall–Kier alpha value is -1.96. The Morgan fingerprint density at radius 2 is 2.35 bits per heavy atom. The molecule has 0 spiro atoms. The first-order valence-electron chi connectivity index (χ1n) is 5.17. The molecule has 8 heteroatoms. The molecule has 1 aromatic heterocycles. The highest BCUT2D eigenvalue weighted by Gasteiger charge is 2.23. The molecule has 0 fully saturated rings. The van der Waals surface area contributed by atoms with Crippen molar-refractivity contribution in [3.8, 4) is 5.88 Å². The van der Waals surface area contributed by atoms with Crippen LogP contribution in [0.4, 0.5) is 11.5 Å². The van der Waals surface area contributed by atoms with Crippen molar-refractivity contribution < 1.29 is 14.8 Å². The highest BCUT2D eigenvalue weighted by Crippen LogP contribution is 2.30. The Balaban J connectivity index is 2.94. The molecular weight excluding hydrogens is 228 g/mol. The van der Waals surface area contributed by atoms with E-state index in [1.54, 1.807) is 6.92 Å². The van der Waals surface area contributed by atoms with Gasteiger partial charge in [0.15, 0.2) is 0 Å². The predicted octanol–water partition coefficient (Wildman–Crippen LogP) is 0.578. The summed E-state index contributed by atoms with van der Waals surface area (Å²) < 4.78 is 5.13. The molecule has 1 heterocycles. The van der Waals surface area contributed by atoms with Crippen molar-refractivity contribution in [2.75, 3.05) is 25.1 Å². The van der Waals surface area contributed by atoms with E-state index in [9.17, 15) is 10.1 Å². The molecule has 0 bridgehead atoms. The van der Waals surface area contributed by atoms with E-state index < -0.39 is 4.92 Å². The first-order valence-corrected chi connectivity index (χ1v) is 5.17. The molecule has 0 atom stereocenters. The minimum Gasteiger partial charge on any atom is -0.473 e. The van der Waals surface area contributed by atoms with Gasteiger partial charge in [-0.05, 0) is 6.92 Å². The van der Waals surface area contributed by atoms with E-state index in [4.69, 9.17) is 9.84 Å². The third-order valence-electron chi connectivity index (χ3n) is 1.86. The van der Waals surface area contributed by atoms with Gasteiger partial charge in [-0.15, -0.1) is 0 Å². The van der Waals surface area contributed by atoms with Crippen LogP contribution in [-0.4, -0.2) is 39.8 Å². The number of nitrogens with zero attached hydrogens (tertiary/aromatic N) is 3. The number of aliphatic hydroxyl groups excluding tert-OH is 1. The van der Waals surface area contributed by atoms with Crippen LogP contribution in [0, 0.1) is 10.1 Å². The topological polar surface area (TPSA) is 110 Å². The molecule has 94 valence electrons. The summed E-state index contributed by atoms with van der Waals surface area (Å²) in [5.74, 6) is 0.0425. The minimum atomic E-state index is -0.591. The molecule has 2 N–H and O–H groups in total. The lowest BCUT2D eigenvalue weighted by molar-refractivity contribution is -0.385. The van der Waals surface area contributed by atoms with E-state index in [2.05, 4.69) is 15.3 Å². The molecule has 0 aliphatic heterocycles. The zero-order valence-corrected chi connectivity index (χ0v) is 9.42. The second-order valence-electron chi connectivity index (χ2n) is 3.09. The lowest BCUT2D eigenvalue weighted by Crippen LogP contribution is -2.08. The number of ether oxygens (including phenoxy) is 1. The Kier molecular flexibility index (Phi) is 5.08. The summed E-state index contributed by atoms with van der Waals surface area (Å²) in [6.45, 7) is 2.44. The molecule has 17 heavy (non-hydrogen) atoms. The molecule has 0 aromatic carbocycles. The van der Waals surface area contributed by atoms with Gasteiger partial charge in [0.2, 0.25) is 5.82 Å². The Labute approximate surface area is 97.8 Å². The van der Waals surface area contributed by atoms with Crippen molar-refractivity contribution >= 4 is 11.5 Å². The molecular formula is C9H14N4O4. The third-order valence-corrected chi connectivity index (χ3v) is 1.86. The number of hydrogen-bond acceptors (Lipinski definition) is 7. The lowest BCUT2D eigenvalue weighted by Gasteiger charge is -2.07. The summed E-state index contributed by atoms with van der Waals surface area (Å²) in [6.07, 6.45) is 1.58. The molecule has 1 rings (SSSR count). The van der Waals surface area contributed by atoms with Crippen LogP contribution < -0.4 is 10.1 Å². The van der Waals surface area contributed by atoms with Crippen LogP contribution in [0.15, 0.2) is 6.33 Å². The van der Waals surface area contributed by atoms with Gasteiger partial charge >= 0.3 is 5.69 Å². The summed E-state index contributed by atoms with van der Waals surface area (Å²) in [5, 5.41) is 22.3. The third kappa shape index (κ3) is 3.52. The number of hydrogen-bond donors (Lipinski definition) is 2. The molecule has 0 saturated carbocycles. The number of rotatable bonds is 7. The zero-order valence-electron chi connectivity index (χ0n) is 9.42. The van der Waals surface area contributed by atoms with Gasteiger partial charge in [-0.25, -0.2) is 4.98 Å². The normalized spacial score (nSPS) is 10.0. The van der Waals surface area contributed by atoms with Crippen molar-refractivity contribution in [2.45, 2.75) is 13.3 Å². The maximum absolute atomic E-state index is 10.9. The number of anilines is 1. The lowest BCUT2D eigenvalue weighted by atomic mass is 10.4. The second kappa shape index (κ2) is 6.59. The van der Waals surface area contributed by atoms with Crippen LogP contribution in [0.25, 0.3) is 0 Å². The van der Waals surface area contributed by atoms with E-state index in [0.717, 1.165) is 0 Å². The predicted molar refractivity (Wildman–Crippen MR) is 60.0 cm³/mol. The van der Waals surface area contributed by atoms with Gasteiger partial charge in [-0.3, -0.25) is 10.1 Å². The fourth-order valence-corrected chi connectivity index (χ4v) is 1.16. The van der Waals surface area contributed by atoms with E-state index in [1.807, 2.05) is 0 Å².